The molecule has 1 heterocycles. The van der Waals surface area contributed by atoms with Gasteiger partial charge in [0, 0.05) is 25.9 Å². The lowest BCUT2D eigenvalue weighted by Gasteiger charge is -2.09. The molecule has 100 valence electrons. The van der Waals surface area contributed by atoms with Gasteiger partial charge in [-0.05, 0) is 18.2 Å². The molecule has 5 nitrogen and oxygen atoms in total. The van der Waals surface area contributed by atoms with Gasteiger partial charge >= 0.3 is 0 Å². The van der Waals surface area contributed by atoms with Gasteiger partial charge in [0.05, 0.1) is 19.3 Å². The van der Waals surface area contributed by atoms with Gasteiger partial charge in [0.1, 0.15) is 17.3 Å². The lowest BCUT2D eigenvalue weighted by Crippen LogP contribution is -2.07. The van der Waals surface area contributed by atoms with E-state index >= 15 is 0 Å². The first-order valence-corrected chi connectivity index (χ1v) is 5.97. The second-order valence-corrected chi connectivity index (χ2v) is 4.07. The third kappa shape index (κ3) is 3.13. The first-order chi connectivity index (χ1) is 9.24. The molecule has 0 radical (unpaired) electrons. The number of carbonyl (C=O) groups is 1. The summed E-state index contributed by atoms with van der Waals surface area (Å²) >= 11 is 0. The van der Waals surface area contributed by atoms with Crippen LogP contribution in [0, 0.1) is 0 Å². The number of carbonyl (C=O) groups excluding carboxylic acids is 1. The van der Waals surface area contributed by atoms with Gasteiger partial charge in [-0.15, -0.1) is 0 Å². The van der Waals surface area contributed by atoms with Crippen molar-refractivity contribution in [1.82, 2.24) is 9.55 Å². The van der Waals surface area contributed by atoms with Crippen LogP contribution in [-0.2, 0) is 13.5 Å². The Morgan fingerprint density at radius 2 is 2.26 bits per heavy atom. The molecule has 1 aromatic heterocycles. The summed E-state index contributed by atoms with van der Waals surface area (Å²) in [5.74, 6) is 2.14. The molecule has 2 aromatic rings. The fourth-order valence-electron chi connectivity index (χ4n) is 1.77. The van der Waals surface area contributed by atoms with Crippen molar-refractivity contribution < 1.29 is 14.3 Å². The predicted octanol–water partition coefficient (Wildman–Crippen LogP) is 1.86. The van der Waals surface area contributed by atoms with Crippen molar-refractivity contribution in [1.29, 1.82) is 0 Å². The highest BCUT2D eigenvalue weighted by molar-refractivity contribution is 5.80. The average molecular weight is 260 g/mol. The Labute approximate surface area is 111 Å². The maximum atomic E-state index is 11.0. The summed E-state index contributed by atoms with van der Waals surface area (Å²) in [6, 6.07) is 5.16. The van der Waals surface area contributed by atoms with Crippen LogP contribution in [0.1, 0.15) is 16.2 Å². The van der Waals surface area contributed by atoms with Gasteiger partial charge < -0.3 is 14.0 Å². The first kappa shape index (κ1) is 13.1. The van der Waals surface area contributed by atoms with Gasteiger partial charge in [0.25, 0.3) is 0 Å². The molecule has 0 saturated carbocycles. The molecule has 0 aliphatic rings. The minimum atomic E-state index is 0.470. The van der Waals surface area contributed by atoms with E-state index in [1.165, 1.54) is 0 Å². The molecule has 0 fully saturated rings. The van der Waals surface area contributed by atoms with Crippen LogP contribution in [0.4, 0.5) is 0 Å². The van der Waals surface area contributed by atoms with Crippen molar-refractivity contribution in [2.75, 3.05) is 13.7 Å². The van der Waals surface area contributed by atoms with E-state index in [4.69, 9.17) is 9.47 Å². The number of hydrogen-bond acceptors (Lipinski definition) is 4. The number of rotatable bonds is 6. The van der Waals surface area contributed by atoms with E-state index in [2.05, 4.69) is 4.98 Å². The van der Waals surface area contributed by atoms with Crippen LogP contribution >= 0.6 is 0 Å². The summed E-state index contributed by atoms with van der Waals surface area (Å²) in [5.41, 5.74) is 0.485. The summed E-state index contributed by atoms with van der Waals surface area (Å²) in [4.78, 5) is 15.2. The van der Waals surface area contributed by atoms with E-state index in [0.717, 1.165) is 12.1 Å². The second-order valence-electron chi connectivity index (χ2n) is 4.07. The Morgan fingerprint density at radius 1 is 1.42 bits per heavy atom. The fourth-order valence-corrected chi connectivity index (χ4v) is 1.77. The van der Waals surface area contributed by atoms with Crippen LogP contribution < -0.4 is 9.47 Å². The Hall–Kier alpha value is -2.30. The predicted molar refractivity (Wildman–Crippen MR) is 70.8 cm³/mol. The summed E-state index contributed by atoms with van der Waals surface area (Å²) in [7, 11) is 3.50. The monoisotopic (exact) mass is 260 g/mol. The molecule has 2 rings (SSSR count). The molecule has 0 N–H and O–H groups in total. The van der Waals surface area contributed by atoms with Gasteiger partial charge in [0.2, 0.25) is 0 Å². The van der Waals surface area contributed by atoms with Crippen LogP contribution in [0.15, 0.2) is 30.6 Å². The van der Waals surface area contributed by atoms with E-state index in [1.807, 2.05) is 17.8 Å². The quantitative estimate of drug-likeness (QED) is 0.744. The first-order valence-electron chi connectivity index (χ1n) is 5.97. The molecule has 0 aliphatic heterocycles. The van der Waals surface area contributed by atoms with E-state index in [-0.39, 0.29) is 0 Å². The normalized spacial score (nSPS) is 10.2. The Morgan fingerprint density at radius 3 is 2.89 bits per heavy atom. The highest BCUT2D eigenvalue weighted by Gasteiger charge is 2.06. The molecule has 0 spiro atoms. The standard InChI is InChI=1S/C14H16N2O3/c1-16-7-6-15-14(16)5-8-19-13-4-3-12(18-2)9-11(13)10-17/h3-4,6-7,9-10H,5,8H2,1-2H3. The number of aromatic nitrogens is 2. The third-order valence-electron chi connectivity index (χ3n) is 2.85. The Bertz CT molecular complexity index is 564. The van der Waals surface area contributed by atoms with Crippen LogP contribution in [0.3, 0.4) is 0 Å². The molecule has 0 saturated heterocycles. The molecule has 0 unspecified atom stereocenters. The number of aldehydes is 1. The molecule has 19 heavy (non-hydrogen) atoms. The fraction of sp³-hybridized carbons (Fsp3) is 0.286. The van der Waals surface area contributed by atoms with Crippen LogP contribution in [0.25, 0.3) is 0 Å². The summed E-state index contributed by atoms with van der Waals surface area (Å²) in [6.45, 7) is 0.470. The molecule has 0 bridgehead atoms. The molecule has 0 atom stereocenters. The molecular formula is C14H16N2O3. The van der Waals surface area contributed by atoms with Crippen molar-refractivity contribution in [3.63, 3.8) is 0 Å². The summed E-state index contributed by atoms with van der Waals surface area (Å²) < 4.78 is 12.6. The lowest BCUT2D eigenvalue weighted by molar-refractivity contribution is 0.111. The minimum absolute atomic E-state index is 0.470. The molecule has 0 aliphatic carbocycles. The lowest BCUT2D eigenvalue weighted by atomic mass is 10.2. The largest absolute Gasteiger partial charge is 0.497 e. The van der Waals surface area contributed by atoms with E-state index in [1.54, 1.807) is 31.5 Å². The number of ether oxygens (including phenoxy) is 2. The number of nitrogens with zero attached hydrogens (tertiary/aromatic N) is 2. The molecule has 5 heteroatoms. The second kappa shape index (κ2) is 6.04. The van der Waals surface area contributed by atoms with Crippen molar-refractivity contribution in [2.24, 2.45) is 7.05 Å². The van der Waals surface area contributed by atoms with E-state index < -0.39 is 0 Å². The minimum Gasteiger partial charge on any atom is -0.497 e. The van der Waals surface area contributed by atoms with Crippen molar-refractivity contribution in [3.05, 3.63) is 42.0 Å². The van der Waals surface area contributed by atoms with E-state index in [0.29, 0.717) is 30.1 Å². The van der Waals surface area contributed by atoms with Gasteiger partial charge in [-0.1, -0.05) is 0 Å². The molecule has 1 aromatic carbocycles. The number of benzene rings is 1. The summed E-state index contributed by atoms with van der Waals surface area (Å²) in [6.07, 6.45) is 5.09. The summed E-state index contributed by atoms with van der Waals surface area (Å²) in [5, 5.41) is 0. The maximum Gasteiger partial charge on any atom is 0.153 e. The average Bonchev–Trinajstić information content (AvgIpc) is 2.84. The van der Waals surface area contributed by atoms with Crippen molar-refractivity contribution in [3.8, 4) is 11.5 Å². The maximum absolute atomic E-state index is 11.0. The Kier molecular flexibility index (Phi) is 4.18. The highest BCUT2D eigenvalue weighted by atomic mass is 16.5. The highest BCUT2D eigenvalue weighted by Crippen LogP contribution is 2.22. The SMILES string of the molecule is COc1ccc(OCCc2nccn2C)c(C=O)c1. The van der Waals surface area contributed by atoms with Gasteiger partial charge in [0.15, 0.2) is 6.29 Å². The zero-order valence-electron chi connectivity index (χ0n) is 11.0. The van der Waals surface area contributed by atoms with Crippen LogP contribution in [0.2, 0.25) is 0 Å². The zero-order valence-corrected chi connectivity index (χ0v) is 11.0. The van der Waals surface area contributed by atoms with Gasteiger partial charge in [-0.25, -0.2) is 4.98 Å². The zero-order chi connectivity index (χ0) is 13.7. The number of aryl methyl sites for hydroxylation is 1. The third-order valence-corrected chi connectivity index (χ3v) is 2.85. The Balaban J connectivity index is 1.99. The number of imidazole rings is 1. The number of hydrogen-bond donors (Lipinski definition) is 0. The van der Waals surface area contributed by atoms with Crippen molar-refractivity contribution >= 4 is 6.29 Å². The smallest absolute Gasteiger partial charge is 0.153 e. The van der Waals surface area contributed by atoms with Crippen LogP contribution in [0.5, 0.6) is 11.5 Å². The van der Waals surface area contributed by atoms with E-state index in [9.17, 15) is 4.79 Å². The van der Waals surface area contributed by atoms with Gasteiger partial charge in [-0.2, -0.15) is 0 Å². The molecule has 0 amide bonds. The van der Waals surface area contributed by atoms with Crippen molar-refractivity contribution in [2.45, 2.75) is 6.42 Å². The number of methoxy groups -OCH3 is 1. The van der Waals surface area contributed by atoms with Gasteiger partial charge in [-0.3, -0.25) is 4.79 Å². The topological polar surface area (TPSA) is 53.4 Å². The molecular weight excluding hydrogens is 244 g/mol. The van der Waals surface area contributed by atoms with Crippen LogP contribution in [-0.4, -0.2) is 29.6 Å².